The lowest BCUT2D eigenvalue weighted by atomic mass is 10.1. The Morgan fingerprint density at radius 1 is 1.02 bits per heavy atom. The van der Waals surface area contributed by atoms with E-state index >= 15 is 0 Å². The van der Waals surface area contributed by atoms with Crippen LogP contribution in [0.15, 0.2) is 77.7 Å². The summed E-state index contributed by atoms with van der Waals surface area (Å²) in [7, 11) is -3.99. The fraction of sp³-hybridized carbons (Fsp3) is 0.207. The lowest BCUT2D eigenvalue weighted by Crippen LogP contribution is -2.45. The van der Waals surface area contributed by atoms with Crippen LogP contribution in [-0.2, 0) is 21.4 Å². The molecule has 0 spiro atoms. The monoisotopic (exact) mass is 609 g/mol. The van der Waals surface area contributed by atoms with Crippen LogP contribution in [0, 0.1) is 5.82 Å². The number of benzene rings is 3. The number of fused-ring (bicyclic) bond motifs is 1. The van der Waals surface area contributed by atoms with Crippen LogP contribution in [0.5, 0.6) is 11.5 Å². The van der Waals surface area contributed by atoms with E-state index in [1.54, 1.807) is 30.3 Å². The highest BCUT2D eigenvalue weighted by atomic mass is 35.5. The van der Waals surface area contributed by atoms with Crippen LogP contribution < -0.4 is 20.1 Å². The second kappa shape index (κ2) is 11.6. The zero-order valence-corrected chi connectivity index (χ0v) is 23.7. The maximum absolute atomic E-state index is 13.4. The molecule has 2 aliphatic rings. The Morgan fingerprint density at radius 2 is 1.83 bits per heavy atom. The van der Waals surface area contributed by atoms with Crippen molar-refractivity contribution in [3.05, 3.63) is 89.3 Å². The SMILES string of the molecule is O=C(NCc1cc(-c2ccc3c(c2)OCO3)nc(Nc2cccc(Cl)c2)n1)[C@@H]1CCCN1S(=O)(=O)c1ccc(F)cc1. The van der Waals surface area contributed by atoms with Gasteiger partial charge in [-0.1, -0.05) is 17.7 Å². The third-order valence-electron chi connectivity index (χ3n) is 6.90. The molecule has 1 aromatic heterocycles. The second-order valence-corrected chi connectivity index (χ2v) is 12.0. The second-order valence-electron chi connectivity index (χ2n) is 9.72. The predicted molar refractivity (Wildman–Crippen MR) is 153 cm³/mol. The first-order valence-electron chi connectivity index (χ1n) is 13.1. The van der Waals surface area contributed by atoms with E-state index in [9.17, 15) is 17.6 Å². The van der Waals surface area contributed by atoms with E-state index in [0.717, 1.165) is 17.7 Å². The summed E-state index contributed by atoms with van der Waals surface area (Å²) in [6.45, 7) is 0.341. The van der Waals surface area contributed by atoms with E-state index in [0.29, 0.717) is 46.4 Å². The number of hydrogen-bond acceptors (Lipinski definition) is 8. The average molecular weight is 610 g/mol. The minimum absolute atomic E-state index is 0.0179. The number of ether oxygens (including phenoxy) is 2. The summed E-state index contributed by atoms with van der Waals surface area (Å²) in [6.07, 6.45) is 0.883. The minimum atomic E-state index is -3.99. The molecule has 1 amide bonds. The number of nitrogens with zero attached hydrogens (tertiary/aromatic N) is 3. The molecule has 1 saturated heterocycles. The summed E-state index contributed by atoms with van der Waals surface area (Å²) < 4.78 is 51.9. The first-order chi connectivity index (χ1) is 20.3. The van der Waals surface area contributed by atoms with Crippen LogP contribution in [0.2, 0.25) is 5.02 Å². The van der Waals surface area contributed by atoms with Gasteiger partial charge in [-0.2, -0.15) is 4.31 Å². The molecule has 1 atom stereocenters. The van der Waals surface area contributed by atoms with E-state index in [1.807, 2.05) is 18.2 Å². The molecule has 4 aromatic rings. The lowest BCUT2D eigenvalue weighted by molar-refractivity contribution is -0.124. The highest BCUT2D eigenvalue weighted by molar-refractivity contribution is 7.89. The topological polar surface area (TPSA) is 123 Å². The van der Waals surface area contributed by atoms with Crippen molar-refractivity contribution < 1.29 is 27.1 Å². The van der Waals surface area contributed by atoms with Crippen LogP contribution >= 0.6 is 11.6 Å². The summed E-state index contributed by atoms with van der Waals surface area (Å²) >= 11 is 6.14. The van der Waals surface area contributed by atoms with Crippen molar-refractivity contribution >= 4 is 39.2 Å². The quantitative estimate of drug-likeness (QED) is 0.290. The van der Waals surface area contributed by atoms with Gasteiger partial charge in [-0.25, -0.2) is 22.8 Å². The van der Waals surface area contributed by atoms with Gasteiger partial charge in [0, 0.05) is 22.8 Å². The first kappa shape index (κ1) is 27.9. The highest BCUT2D eigenvalue weighted by Crippen LogP contribution is 2.36. The van der Waals surface area contributed by atoms with Gasteiger partial charge in [0.05, 0.1) is 22.8 Å². The molecule has 10 nitrogen and oxygen atoms in total. The Morgan fingerprint density at radius 3 is 2.64 bits per heavy atom. The maximum Gasteiger partial charge on any atom is 0.243 e. The van der Waals surface area contributed by atoms with Gasteiger partial charge in [0.1, 0.15) is 11.9 Å². The fourth-order valence-electron chi connectivity index (χ4n) is 4.87. The fourth-order valence-corrected chi connectivity index (χ4v) is 6.72. The van der Waals surface area contributed by atoms with Crippen LogP contribution in [0.3, 0.4) is 0 Å². The van der Waals surface area contributed by atoms with Gasteiger partial charge < -0.3 is 20.1 Å². The minimum Gasteiger partial charge on any atom is -0.454 e. The maximum atomic E-state index is 13.4. The van der Waals surface area contributed by atoms with Crippen molar-refractivity contribution in [2.45, 2.75) is 30.3 Å². The standard InChI is InChI=1S/C29H25ClFN5O5S/c30-19-3-1-4-21(14-19)33-29-34-22(15-24(35-29)18-6-11-26-27(13-18)41-17-40-26)16-32-28(37)25-5-2-12-36(25)42(38,39)23-9-7-20(31)8-10-23/h1,3-4,6-11,13-15,25H,2,5,12,16-17H2,(H,32,37)(H,33,34,35)/t25-/m0/s1. The third-order valence-corrected chi connectivity index (χ3v) is 9.06. The molecule has 6 rings (SSSR count). The summed E-state index contributed by atoms with van der Waals surface area (Å²) in [5.74, 6) is 0.506. The van der Waals surface area contributed by atoms with Crippen molar-refractivity contribution in [3.63, 3.8) is 0 Å². The van der Waals surface area contributed by atoms with Crippen LogP contribution in [0.1, 0.15) is 18.5 Å². The number of amides is 1. The average Bonchev–Trinajstić information content (AvgIpc) is 3.66. The summed E-state index contributed by atoms with van der Waals surface area (Å²) in [6, 6.07) is 17.9. The number of anilines is 2. The molecule has 13 heteroatoms. The van der Waals surface area contributed by atoms with E-state index in [-0.39, 0.29) is 30.7 Å². The molecule has 3 aromatic carbocycles. The number of carbonyl (C=O) groups is 1. The molecule has 0 saturated carbocycles. The Labute approximate surface area is 246 Å². The Kier molecular flexibility index (Phi) is 7.67. The van der Waals surface area contributed by atoms with E-state index in [2.05, 4.69) is 20.6 Å². The molecule has 2 aliphatic heterocycles. The molecule has 216 valence electrons. The Hall–Kier alpha value is -4.26. The molecule has 3 heterocycles. The molecule has 2 N–H and O–H groups in total. The third kappa shape index (κ3) is 5.87. The van der Waals surface area contributed by atoms with Crippen LogP contribution in [-0.4, -0.2) is 48.0 Å². The first-order valence-corrected chi connectivity index (χ1v) is 14.9. The molecule has 0 aliphatic carbocycles. The van der Waals surface area contributed by atoms with E-state index < -0.39 is 27.8 Å². The Bertz CT molecular complexity index is 1760. The molecule has 0 bridgehead atoms. The van der Waals surface area contributed by atoms with Gasteiger partial charge in [0.15, 0.2) is 11.5 Å². The summed E-state index contributed by atoms with van der Waals surface area (Å²) in [5, 5.41) is 6.52. The number of aromatic nitrogens is 2. The largest absolute Gasteiger partial charge is 0.454 e. The molecule has 0 unspecified atom stereocenters. The van der Waals surface area contributed by atoms with Gasteiger partial charge in [0.25, 0.3) is 0 Å². The lowest BCUT2D eigenvalue weighted by Gasteiger charge is -2.23. The van der Waals surface area contributed by atoms with Gasteiger partial charge in [-0.3, -0.25) is 4.79 Å². The van der Waals surface area contributed by atoms with Gasteiger partial charge in [-0.15, -0.1) is 0 Å². The molecule has 42 heavy (non-hydrogen) atoms. The zero-order valence-electron chi connectivity index (χ0n) is 22.1. The number of halogens is 2. The number of sulfonamides is 1. The van der Waals surface area contributed by atoms with Crippen molar-refractivity contribution in [1.29, 1.82) is 0 Å². The highest BCUT2D eigenvalue weighted by Gasteiger charge is 2.39. The van der Waals surface area contributed by atoms with Crippen LogP contribution in [0.4, 0.5) is 16.0 Å². The number of hydrogen-bond donors (Lipinski definition) is 2. The van der Waals surface area contributed by atoms with Crippen molar-refractivity contribution in [2.75, 3.05) is 18.7 Å². The van der Waals surface area contributed by atoms with Crippen molar-refractivity contribution in [1.82, 2.24) is 19.6 Å². The Balaban J connectivity index is 1.24. The van der Waals surface area contributed by atoms with Crippen molar-refractivity contribution in [2.24, 2.45) is 0 Å². The predicted octanol–water partition coefficient (Wildman–Crippen LogP) is 4.88. The molecule has 1 fully saturated rings. The zero-order chi connectivity index (χ0) is 29.3. The van der Waals surface area contributed by atoms with E-state index in [4.69, 9.17) is 21.1 Å². The van der Waals surface area contributed by atoms with Gasteiger partial charge in [0.2, 0.25) is 28.7 Å². The van der Waals surface area contributed by atoms with E-state index in [1.165, 1.54) is 16.4 Å². The summed E-state index contributed by atoms with van der Waals surface area (Å²) in [5.41, 5.74) is 2.48. The van der Waals surface area contributed by atoms with Crippen LogP contribution in [0.25, 0.3) is 11.3 Å². The van der Waals surface area contributed by atoms with Gasteiger partial charge in [-0.05, 0) is 79.6 Å². The van der Waals surface area contributed by atoms with Crippen molar-refractivity contribution in [3.8, 4) is 22.8 Å². The number of nitrogens with one attached hydrogen (secondary N) is 2. The summed E-state index contributed by atoms with van der Waals surface area (Å²) in [4.78, 5) is 22.4. The number of carbonyl (C=O) groups excluding carboxylic acids is 1. The normalized spacial score (nSPS) is 16.4. The molecular weight excluding hydrogens is 585 g/mol. The molecule has 0 radical (unpaired) electrons. The van der Waals surface area contributed by atoms with Gasteiger partial charge >= 0.3 is 0 Å². The molecular formula is C29H25ClFN5O5S. The number of rotatable bonds is 8. The smallest absolute Gasteiger partial charge is 0.243 e.